The Hall–Kier alpha value is 1.32. The van der Waals surface area contributed by atoms with E-state index in [9.17, 15) is 0 Å². The van der Waals surface area contributed by atoms with Gasteiger partial charge in [0, 0.05) is 0 Å². The Bertz CT molecular complexity index is 32.9. The summed E-state index contributed by atoms with van der Waals surface area (Å²) < 4.78 is 0.398. The normalized spacial score (nSPS) is 12.6. The van der Waals surface area contributed by atoms with Crippen LogP contribution in [0.1, 0.15) is 19.8 Å². The molecule has 0 bridgehead atoms. The summed E-state index contributed by atoms with van der Waals surface area (Å²) in [6.45, 7) is 2.14. The zero-order chi connectivity index (χ0) is 4.99. The van der Waals surface area contributed by atoms with Crippen molar-refractivity contribution in [1.82, 2.24) is 0 Å². The molecule has 0 saturated heterocycles. The van der Waals surface area contributed by atoms with Gasteiger partial charge in [0.2, 0.25) is 0 Å². The van der Waals surface area contributed by atoms with Crippen LogP contribution in [0.5, 0.6) is 0 Å². The van der Waals surface area contributed by atoms with Crippen molar-refractivity contribution in [2.24, 2.45) is 5.73 Å². The summed E-state index contributed by atoms with van der Waals surface area (Å²) in [5.74, 6) is 0. The van der Waals surface area contributed by atoms with Gasteiger partial charge >= 0.3 is 71.0 Å². The van der Waals surface area contributed by atoms with Gasteiger partial charge in [-0.05, 0) is 0 Å². The molecule has 0 aromatic rings. The van der Waals surface area contributed by atoms with E-state index in [-0.39, 0.29) is 23.1 Å². The molecule has 7 heavy (non-hydrogen) atoms. The molecule has 0 spiro atoms. The van der Waals surface area contributed by atoms with E-state index in [0.717, 1.165) is 6.42 Å². The first kappa shape index (κ1) is 11.2. The predicted molar refractivity (Wildman–Crippen MR) is 37.2 cm³/mol. The third kappa shape index (κ3) is 11.1. The van der Waals surface area contributed by atoms with Gasteiger partial charge in [-0.25, -0.2) is 0 Å². The predicted octanol–water partition coefficient (Wildman–Crippen LogP) is -0.676. The molecular formula is C4H12LiMgN. The number of rotatable bonds is 2. The largest absolute Gasteiger partial charge is 0.316 e. The molecule has 0 heterocycles. The smallest absolute Gasteiger partial charge is 0.316 e. The minimum absolute atomic E-state index is 0. The molecule has 2 N–H and O–H groups in total. The average molecular weight is 105 g/mol. The third-order valence-corrected chi connectivity index (χ3v) is 0.744. The maximum atomic E-state index is 5.40. The van der Waals surface area contributed by atoms with E-state index in [1.807, 2.05) is 17.7 Å². The second kappa shape index (κ2) is 7.32. The fourth-order valence-corrected chi connectivity index (χ4v) is 0.455. The molecule has 1 nitrogen and oxygen atoms in total. The van der Waals surface area contributed by atoms with E-state index in [0.29, 0.717) is 4.71 Å². The summed E-state index contributed by atoms with van der Waals surface area (Å²) in [6, 6.07) is 0. The Labute approximate surface area is 70.8 Å². The molecule has 1 atom stereocenters. The molecule has 1 unspecified atom stereocenters. The zero-order valence-electron chi connectivity index (χ0n) is 4.57. The SMILES string of the molecule is [Li][CH](N)CCC.[MgH2]. The van der Waals surface area contributed by atoms with Crippen LogP contribution < -0.4 is 5.73 Å². The Kier molecular flexibility index (Phi) is 11.7. The second-order valence-electron chi connectivity index (χ2n) is 1.77. The molecule has 0 aromatic carbocycles. The Balaban J connectivity index is 0. The maximum Gasteiger partial charge on any atom is 0.316 e. The van der Waals surface area contributed by atoms with Gasteiger partial charge in [0.15, 0.2) is 0 Å². The third-order valence-electron chi connectivity index (χ3n) is 0.744. The van der Waals surface area contributed by atoms with Crippen molar-refractivity contribution in [3.8, 4) is 0 Å². The molecule has 0 fully saturated rings. The molecule has 0 amide bonds. The van der Waals surface area contributed by atoms with Crippen molar-refractivity contribution in [3.63, 3.8) is 0 Å². The number of hydrogen-bond acceptors (Lipinski definition) is 1. The van der Waals surface area contributed by atoms with E-state index in [4.69, 9.17) is 5.73 Å². The minimum Gasteiger partial charge on any atom is 0.316 e. The Morgan fingerprint density at radius 2 is 2.14 bits per heavy atom. The van der Waals surface area contributed by atoms with Crippen molar-refractivity contribution in [2.45, 2.75) is 24.5 Å². The van der Waals surface area contributed by atoms with Crippen LogP contribution in [0.4, 0.5) is 0 Å². The summed E-state index contributed by atoms with van der Waals surface area (Å²) in [7, 11) is 0. The Morgan fingerprint density at radius 1 is 1.71 bits per heavy atom. The molecule has 3 heteroatoms. The van der Waals surface area contributed by atoms with Crippen molar-refractivity contribution in [1.29, 1.82) is 0 Å². The van der Waals surface area contributed by atoms with Crippen LogP contribution >= 0.6 is 0 Å². The van der Waals surface area contributed by atoms with E-state index in [2.05, 4.69) is 6.92 Å². The van der Waals surface area contributed by atoms with E-state index in [1.54, 1.807) is 0 Å². The number of hydrogen-bond donors (Lipinski definition) is 1. The first-order valence-corrected chi connectivity index (χ1v) is 2.53. The molecule has 0 aliphatic heterocycles. The van der Waals surface area contributed by atoms with E-state index >= 15 is 0 Å². The van der Waals surface area contributed by atoms with Gasteiger partial charge in [0.1, 0.15) is 0 Å². The maximum absolute atomic E-state index is 5.40. The van der Waals surface area contributed by atoms with Crippen molar-refractivity contribution >= 4 is 40.8 Å². The summed E-state index contributed by atoms with van der Waals surface area (Å²) in [4.78, 5) is 0. The van der Waals surface area contributed by atoms with Crippen molar-refractivity contribution in [2.75, 3.05) is 0 Å². The Morgan fingerprint density at radius 3 is 2.14 bits per heavy atom. The standard InChI is InChI=1S/C4H10N.Li.Mg.2H/c1-2-3-4-5;;;;/h4H,2-3,5H2,1H3;;;;. The minimum atomic E-state index is 0. The second-order valence-corrected chi connectivity index (χ2v) is 1.77. The molecule has 0 radical (unpaired) electrons. The fraction of sp³-hybridized carbons (Fsp3) is 1.00. The van der Waals surface area contributed by atoms with Gasteiger partial charge in [-0.15, -0.1) is 0 Å². The van der Waals surface area contributed by atoms with Crippen LogP contribution in [0.2, 0.25) is 0 Å². The van der Waals surface area contributed by atoms with Crippen LogP contribution in [0.15, 0.2) is 0 Å². The van der Waals surface area contributed by atoms with Crippen molar-refractivity contribution < 1.29 is 0 Å². The number of nitrogens with two attached hydrogens (primary N) is 1. The molecule has 0 aliphatic rings. The van der Waals surface area contributed by atoms with Gasteiger partial charge in [-0.2, -0.15) is 0 Å². The first-order valence-electron chi connectivity index (χ1n) is 2.53. The zero-order valence-corrected chi connectivity index (χ0v) is 4.57. The molecule has 0 saturated carbocycles. The van der Waals surface area contributed by atoms with Crippen LogP contribution in [0.25, 0.3) is 0 Å². The average Bonchev–Trinajstić information content (AvgIpc) is 1.35. The molecule has 0 aromatic heterocycles. The van der Waals surface area contributed by atoms with Gasteiger partial charge in [-0.3, -0.25) is 0 Å². The summed E-state index contributed by atoms with van der Waals surface area (Å²) in [5.41, 5.74) is 5.40. The molecule has 0 rings (SSSR count). The van der Waals surface area contributed by atoms with Crippen LogP contribution in [-0.2, 0) is 0 Å². The van der Waals surface area contributed by atoms with E-state index in [1.165, 1.54) is 6.42 Å². The summed E-state index contributed by atoms with van der Waals surface area (Å²) in [6.07, 6.45) is 2.36. The van der Waals surface area contributed by atoms with Crippen LogP contribution in [0, 0.1) is 0 Å². The van der Waals surface area contributed by atoms with Gasteiger partial charge in [-0.1, -0.05) is 0 Å². The summed E-state index contributed by atoms with van der Waals surface area (Å²) in [5, 5.41) is 0. The fourth-order valence-electron chi connectivity index (χ4n) is 0.455. The monoisotopic (exact) mass is 105 g/mol. The van der Waals surface area contributed by atoms with Gasteiger partial charge < -0.3 is 0 Å². The van der Waals surface area contributed by atoms with Crippen LogP contribution in [-0.4, -0.2) is 45.5 Å². The van der Waals surface area contributed by atoms with Gasteiger partial charge in [0.25, 0.3) is 0 Å². The van der Waals surface area contributed by atoms with E-state index < -0.39 is 0 Å². The quantitative estimate of drug-likeness (QED) is 0.463. The molecular weight excluding hydrogens is 93.3 g/mol. The molecule has 36 valence electrons. The summed E-state index contributed by atoms with van der Waals surface area (Å²) >= 11 is 2.03. The first-order chi connectivity index (χ1) is 2.77. The van der Waals surface area contributed by atoms with Gasteiger partial charge in [0.05, 0.1) is 0 Å². The molecule has 0 aliphatic carbocycles. The van der Waals surface area contributed by atoms with Crippen molar-refractivity contribution in [3.05, 3.63) is 0 Å². The van der Waals surface area contributed by atoms with Crippen LogP contribution in [0.3, 0.4) is 0 Å². The topological polar surface area (TPSA) is 26.0 Å².